The van der Waals surface area contributed by atoms with E-state index in [4.69, 9.17) is 10.2 Å². The number of aldehydes is 1. The van der Waals surface area contributed by atoms with Gasteiger partial charge in [-0.3, -0.25) is 4.79 Å². The summed E-state index contributed by atoms with van der Waals surface area (Å²) in [5.41, 5.74) is -0.450. The third-order valence-corrected chi connectivity index (χ3v) is 2.95. The summed E-state index contributed by atoms with van der Waals surface area (Å²) in [6.45, 7) is -0.905. The van der Waals surface area contributed by atoms with Gasteiger partial charge in [-0.05, 0) is 12.1 Å². The minimum absolute atomic E-state index is 0.0178. The van der Waals surface area contributed by atoms with E-state index in [1.54, 1.807) is 0 Å². The van der Waals surface area contributed by atoms with Crippen molar-refractivity contribution in [1.82, 2.24) is 0 Å². The highest BCUT2D eigenvalue weighted by Gasteiger charge is 2.34. The van der Waals surface area contributed by atoms with E-state index >= 15 is 0 Å². The van der Waals surface area contributed by atoms with Crippen LogP contribution in [-0.2, 0) is 9.53 Å². The predicted molar refractivity (Wildman–Crippen MR) is 71.8 cm³/mol. The summed E-state index contributed by atoms with van der Waals surface area (Å²) >= 11 is 0. The van der Waals surface area contributed by atoms with Crippen molar-refractivity contribution >= 4 is 12.3 Å². The minimum atomic E-state index is -2.03. The molecule has 0 aliphatic carbocycles. The van der Waals surface area contributed by atoms with E-state index in [0.717, 1.165) is 12.1 Å². The van der Waals surface area contributed by atoms with Crippen molar-refractivity contribution in [1.29, 1.82) is 0 Å². The molecule has 0 aromatic heterocycles. The first-order valence-electron chi connectivity index (χ1n) is 6.29. The zero-order chi connectivity index (χ0) is 17.7. The Morgan fingerprint density at radius 2 is 1.61 bits per heavy atom. The van der Waals surface area contributed by atoms with Crippen LogP contribution in [0.25, 0.3) is 0 Å². The van der Waals surface area contributed by atoms with Crippen molar-refractivity contribution in [2.75, 3.05) is 6.61 Å². The van der Waals surface area contributed by atoms with Gasteiger partial charge in [-0.2, -0.15) is 0 Å². The highest BCUT2D eigenvalue weighted by atomic mass is 16.6. The van der Waals surface area contributed by atoms with Crippen molar-refractivity contribution in [3.63, 3.8) is 0 Å². The molecule has 10 nitrogen and oxygen atoms in total. The van der Waals surface area contributed by atoms with Crippen molar-refractivity contribution < 1.29 is 50.1 Å². The number of ether oxygens (including phenoxy) is 1. The first kappa shape index (κ1) is 18.6. The molecule has 1 rings (SSSR count). The zero-order valence-electron chi connectivity index (χ0n) is 11.6. The number of carbonyl (C=O) groups excluding carboxylic acids is 2. The quantitative estimate of drug-likeness (QED) is 0.161. The fraction of sp³-hybridized carbons (Fsp3) is 0.385. The van der Waals surface area contributed by atoms with Crippen LogP contribution in [0.4, 0.5) is 0 Å². The van der Waals surface area contributed by atoms with Gasteiger partial charge in [0.15, 0.2) is 29.6 Å². The van der Waals surface area contributed by atoms with E-state index in [1.165, 1.54) is 0 Å². The van der Waals surface area contributed by atoms with Gasteiger partial charge in [0.05, 0.1) is 12.2 Å². The molecule has 0 unspecified atom stereocenters. The standard InChI is InChI=1S/C13H16O10/c14-3-8(18)11(20)12(21)9(4-15)23-13(22)5-1-6(16)10(19)7(17)2-5/h1-2,4,8-9,11-12,14,16-21H,3H2/t8-,9+,11+,12-/m1/s1. The molecule has 0 amide bonds. The largest absolute Gasteiger partial charge is 0.504 e. The number of phenols is 3. The topological polar surface area (TPSA) is 185 Å². The maximum atomic E-state index is 11.8. The third kappa shape index (κ3) is 4.29. The number of carbonyl (C=O) groups is 2. The normalized spacial score (nSPS) is 16.2. The lowest BCUT2D eigenvalue weighted by molar-refractivity contribution is -0.138. The van der Waals surface area contributed by atoms with Crippen LogP contribution in [0.3, 0.4) is 0 Å². The molecule has 0 saturated carbocycles. The number of esters is 1. The van der Waals surface area contributed by atoms with E-state index in [1.807, 2.05) is 0 Å². The summed E-state index contributed by atoms with van der Waals surface area (Å²) in [5.74, 6) is -3.78. The third-order valence-electron chi connectivity index (χ3n) is 2.95. The molecule has 1 aromatic carbocycles. The minimum Gasteiger partial charge on any atom is -0.504 e. The first-order chi connectivity index (χ1) is 10.7. The van der Waals surface area contributed by atoms with E-state index in [0.29, 0.717) is 0 Å². The van der Waals surface area contributed by atoms with Crippen molar-refractivity contribution in [2.24, 2.45) is 0 Å². The maximum absolute atomic E-state index is 11.8. The van der Waals surface area contributed by atoms with Crippen LogP contribution in [-0.4, -0.2) is 79.0 Å². The Morgan fingerprint density at radius 3 is 2.04 bits per heavy atom. The summed E-state index contributed by atoms with van der Waals surface area (Å²) in [7, 11) is 0. The van der Waals surface area contributed by atoms with Gasteiger partial charge in [-0.25, -0.2) is 4.79 Å². The smallest absolute Gasteiger partial charge is 0.339 e. The Hall–Kier alpha value is -2.40. The molecule has 0 fully saturated rings. The summed E-state index contributed by atoms with van der Waals surface area (Å²) in [5, 5.41) is 64.7. The Bertz CT molecular complexity index is 549. The first-order valence-corrected chi connectivity index (χ1v) is 6.29. The second kappa shape index (κ2) is 7.74. The lowest BCUT2D eigenvalue weighted by Crippen LogP contribution is -2.48. The SMILES string of the molecule is O=C[C@H](OC(=O)c1cc(O)c(O)c(O)c1)[C@@H](O)[C@@H](O)[C@H](O)CO. The fourth-order valence-electron chi connectivity index (χ4n) is 1.62. The van der Waals surface area contributed by atoms with E-state index < -0.39 is 59.8 Å². The van der Waals surface area contributed by atoms with E-state index in [9.17, 15) is 35.1 Å². The van der Waals surface area contributed by atoms with Gasteiger partial charge in [0.2, 0.25) is 0 Å². The molecule has 0 aliphatic heterocycles. The highest BCUT2D eigenvalue weighted by Crippen LogP contribution is 2.35. The molecule has 0 spiro atoms. The summed E-state index contributed by atoms with van der Waals surface area (Å²) < 4.78 is 4.60. The average Bonchev–Trinajstić information content (AvgIpc) is 2.54. The van der Waals surface area contributed by atoms with E-state index in [-0.39, 0.29) is 6.29 Å². The van der Waals surface area contributed by atoms with Gasteiger partial charge >= 0.3 is 5.97 Å². The monoisotopic (exact) mass is 332 g/mol. The number of benzene rings is 1. The summed E-state index contributed by atoms with van der Waals surface area (Å²) in [6, 6.07) is 1.48. The van der Waals surface area contributed by atoms with Crippen LogP contribution in [0, 0.1) is 0 Å². The number of aliphatic hydroxyl groups excluding tert-OH is 4. The molecule has 128 valence electrons. The van der Waals surface area contributed by atoms with Crippen LogP contribution < -0.4 is 0 Å². The lowest BCUT2D eigenvalue weighted by Gasteiger charge is -2.25. The highest BCUT2D eigenvalue weighted by molar-refractivity contribution is 5.92. The van der Waals surface area contributed by atoms with E-state index in [2.05, 4.69) is 4.74 Å². The number of aliphatic hydroxyl groups is 4. The molecular weight excluding hydrogens is 316 g/mol. The summed E-state index contributed by atoms with van der Waals surface area (Å²) in [6.07, 6.45) is -7.68. The number of hydrogen-bond donors (Lipinski definition) is 7. The molecule has 0 bridgehead atoms. The number of aromatic hydroxyl groups is 3. The van der Waals surface area contributed by atoms with Gasteiger partial charge in [0.1, 0.15) is 18.3 Å². The van der Waals surface area contributed by atoms with Crippen LogP contribution in [0.1, 0.15) is 10.4 Å². The molecule has 23 heavy (non-hydrogen) atoms. The number of rotatable bonds is 7. The molecule has 0 radical (unpaired) electrons. The van der Waals surface area contributed by atoms with Gasteiger partial charge < -0.3 is 40.5 Å². The molecule has 10 heteroatoms. The molecule has 1 aromatic rings. The molecule has 0 heterocycles. The van der Waals surface area contributed by atoms with Crippen molar-refractivity contribution in [2.45, 2.75) is 24.4 Å². The Labute approximate surface area is 129 Å². The van der Waals surface area contributed by atoms with Crippen LogP contribution >= 0.6 is 0 Å². The molecule has 0 saturated heterocycles. The second-order valence-corrected chi connectivity index (χ2v) is 4.60. The molecule has 4 atom stereocenters. The Morgan fingerprint density at radius 1 is 1.09 bits per heavy atom. The average molecular weight is 332 g/mol. The summed E-state index contributed by atoms with van der Waals surface area (Å²) in [4.78, 5) is 22.7. The second-order valence-electron chi connectivity index (χ2n) is 4.60. The van der Waals surface area contributed by atoms with Gasteiger partial charge in [-0.1, -0.05) is 0 Å². The molecule has 0 aliphatic rings. The predicted octanol–water partition coefficient (Wildman–Crippen LogP) is -2.40. The van der Waals surface area contributed by atoms with Crippen molar-refractivity contribution in [3.05, 3.63) is 17.7 Å². The Balaban J connectivity index is 2.91. The van der Waals surface area contributed by atoms with Gasteiger partial charge in [0.25, 0.3) is 0 Å². The van der Waals surface area contributed by atoms with Crippen molar-refractivity contribution in [3.8, 4) is 17.2 Å². The van der Waals surface area contributed by atoms with Gasteiger partial charge in [-0.15, -0.1) is 0 Å². The maximum Gasteiger partial charge on any atom is 0.339 e. The van der Waals surface area contributed by atoms with Crippen LogP contribution in [0.2, 0.25) is 0 Å². The lowest BCUT2D eigenvalue weighted by atomic mass is 10.0. The van der Waals surface area contributed by atoms with Crippen LogP contribution in [0.5, 0.6) is 17.2 Å². The molecule has 7 N–H and O–H groups in total. The molecular formula is C13H16O10. The van der Waals surface area contributed by atoms with Gasteiger partial charge in [0, 0.05) is 0 Å². The fourth-order valence-corrected chi connectivity index (χ4v) is 1.62. The number of hydrogen-bond acceptors (Lipinski definition) is 10. The Kier molecular flexibility index (Phi) is 6.28. The zero-order valence-corrected chi connectivity index (χ0v) is 11.6. The van der Waals surface area contributed by atoms with Crippen LogP contribution in [0.15, 0.2) is 12.1 Å². The number of phenolic OH excluding ortho intramolecular Hbond substituents is 3.